The third kappa shape index (κ3) is 6.75. The number of urea groups is 1. The van der Waals surface area contributed by atoms with E-state index in [0.29, 0.717) is 13.1 Å². The van der Waals surface area contributed by atoms with Crippen LogP contribution in [0.5, 0.6) is 0 Å². The summed E-state index contributed by atoms with van der Waals surface area (Å²) in [4.78, 5) is 28.6. The predicted octanol–water partition coefficient (Wildman–Crippen LogP) is 1.42. The fourth-order valence-electron chi connectivity index (χ4n) is 2.26. The lowest BCUT2D eigenvalue weighted by atomic mass is 10.2. The van der Waals surface area contributed by atoms with Crippen LogP contribution in [-0.4, -0.2) is 78.1 Å². The molecule has 0 spiro atoms. The fraction of sp³-hybridized carbons (Fsp3) is 0.857. The Morgan fingerprint density at radius 3 is 2.00 bits per heavy atom. The number of carbonyl (C=O) groups is 2. The van der Waals surface area contributed by atoms with Gasteiger partial charge in [0.05, 0.1) is 0 Å². The highest BCUT2D eigenvalue weighted by Crippen LogP contribution is 2.08. The molecule has 0 aromatic carbocycles. The van der Waals surface area contributed by atoms with Crippen molar-refractivity contribution < 1.29 is 14.7 Å². The average molecular weight is 287 g/mol. The van der Waals surface area contributed by atoms with Gasteiger partial charge in [-0.15, -0.1) is 0 Å². The molecule has 0 aromatic rings. The molecular weight excluding hydrogens is 258 g/mol. The zero-order chi connectivity index (χ0) is 15.9. The maximum Gasteiger partial charge on any atom is 0.323 e. The quantitative estimate of drug-likeness (QED) is 0.733. The highest BCUT2D eigenvalue weighted by atomic mass is 16.4. The Morgan fingerprint density at radius 1 is 1.10 bits per heavy atom. The second-order valence-corrected chi connectivity index (χ2v) is 5.85. The minimum absolute atomic E-state index is 0.0472. The third-order valence-electron chi connectivity index (χ3n) is 2.93. The van der Waals surface area contributed by atoms with E-state index < -0.39 is 5.97 Å². The van der Waals surface area contributed by atoms with Crippen molar-refractivity contribution >= 4 is 12.0 Å². The highest BCUT2D eigenvalue weighted by Gasteiger charge is 2.26. The first-order valence-corrected chi connectivity index (χ1v) is 7.11. The first-order chi connectivity index (χ1) is 9.18. The summed E-state index contributed by atoms with van der Waals surface area (Å²) in [5.74, 6) is -0.739. The molecule has 1 atom stereocenters. The summed E-state index contributed by atoms with van der Waals surface area (Å²) < 4.78 is 0. The first kappa shape index (κ1) is 18.7. The van der Waals surface area contributed by atoms with Gasteiger partial charge < -0.3 is 19.8 Å². The Labute approximate surface area is 122 Å². The molecule has 6 nitrogen and oxygen atoms in total. The Hall–Kier alpha value is -1.30. The lowest BCUT2D eigenvalue weighted by Gasteiger charge is -2.35. The molecule has 0 rings (SSSR count). The molecule has 0 heterocycles. The molecule has 2 amide bonds. The lowest BCUT2D eigenvalue weighted by Crippen LogP contribution is -2.52. The van der Waals surface area contributed by atoms with Crippen molar-refractivity contribution in [3.05, 3.63) is 0 Å². The fourth-order valence-corrected chi connectivity index (χ4v) is 2.26. The number of likely N-dealkylation sites (N-methyl/N-ethyl adjacent to an activating group) is 2. The topological polar surface area (TPSA) is 64.1 Å². The van der Waals surface area contributed by atoms with Crippen LogP contribution in [0, 0.1) is 5.92 Å². The van der Waals surface area contributed by atoms with Gasteiger partial charge in [-0.2, -0.15) is 0 Å². The summed E-state index contributed by atoms with van der Waals surface area (Å²) in [6.45, 7) is 9.38. The minimum Gasteiger partial charge on any atom is -0.480 e. The van der Waals surface area contributed by atoms with Crippen LogP contribution < -0.4 is 0 Å². The number of hydrogen-bond acceptors (Lipinski definition) is 3. The van der Waals surface area contributed by atoms with Gasteiger partial charge >= 0.3 is 12.0 Å². The van der Waals surface area contributed by atoms with Crippen molar-refractivity contribution in [2.75, 3.05) is 40.3 Å². The van der Waals surface area contributed by atoms with Crippen LogP contribution >= 0.6 is 0 Å². The average Bonchev–Trinajstić information content (AvgIpc) is 2.26. The number of carboxylic acids is 1. The molecule has 0 fully saturated rings. The molecule has 0 aliphatic heterocycles. The normalized spacial score (nSPS) is 12.6. The van der Waals surface area contributed by atoms with Crippen molar-refractivity contribution in [1.82, 2.24) is 14.7 Å². The largest absolute Gasteiger partial charge is 0.480 e. The van der Waals surface area contributed by atoms with Crippen molar-refractivity contribution in [2.24, 2.45) is 5.92 Å². The van der Waals surface area contributed by atoms with Crippen LogP contribution in [0.25, 0.3) is 0 Å². The number of aliphatic carboxylic acids is 1. The third-order valence-corrected chi connectivity index (χ3v) is 2.93. The molecular formula is C14H29N3O3. The minimum atomic E-state index is -0.977. The van der Waals surface area contributed by atoms with Gasteiger partial charge in [-0.3, -0.25) is 4.79 Å². The number of hydrogen-bond donors (Lipinski definition) is 1. The molecule has 0 saturated carbocycles. The van der Waals surface area contributed by atoms with Crippen molar-refractivity contribution in [1.29, 1.82) is 0 Å². The van der Waals surface area contributed by atoms with Gasteiger partial charge in [0, 0.05) is 25.7 Å². The van der Waals surface area contributed by atoms with Crippen LogP contribution in [0.4, 0.5) is 4.79 Å². The molecule has 6 heteroatoms. The van der Waals surface area contributed by atoms with Crippen molar-refractivity contribution in [2.45, 2.75) is 33.7 Å². The zero-order valence-electron chi connectivity index (χ0n) is 13.6. The van der Waals surface area contributed by atoms with E-state index in [-0.39, 0.29) is 24.5 Å². The summed E-state index contributed by atoms with van der Waals surface area (Å²) in [6.07, 6.45) is 0. The number of carbonyl (C=O) groups excluding carboxylic acids is 1. The van der Waals surface area contributed by atoms with Crippen LogP contribution in [0.15, 0.2) is 0 Å². The Bertz CT molecular complexity index is 319. The van der Waals surface area contributed by atoms with Gasteiger partial charge in [0.2, 0.25) is 0 Å². The molecule has 0 saturated heterocycles. The summed E-state index contributed by atoms with van der Waals surface area (Å²) in [5.41, 5.74) is 0. The van der Waals surface area contributed by atoms with E-state index in [1.807, 2.05) is 46.7 Å². The number of carboxylic acid groups (broad SMARTS) is 1. The molecule has 0 aliphatic carbocycles. The Balaban J connectivity index is 4.92. The summed E-state index contributed by atoms with van der Waals surface area (Å²) in [5, 5.41) is 8.96. The SMILES string of the molecule is CCN(C(=O)N(CC(=O)O)CC(C)C)C(C)CN(C)C. The van der Waals surface area contributed by atoms with E-state index in [1.165, 1.54) is 4.90 Å². The highest BCUT2D eigenvalue weighted by molar-refractivity contribution is 5.80. The Morgan fingerprint density at radius 2 is 1.65 bits per heavy atom. The van der Waals surface area contributed by atoms with Gasteiger partial charge in [-0.25, -0.2) is 4.79 Å². The second kappa shape index (κ2) is 8.79. The number of amides is 2. The maximum absolute atomic E-state index is 12.5. The summed E-state index contributed by atoms with van der Waals surface area (Å²) in [7, 11) is 3.91. The second-order valence-electron chi connectivity index (χ2n) is 5.85. The van der Waals surface area contributed by atoms with E-state index >= 15 is 0 Å². The molecule has 0 aliphatic rings. The maximum atomic E-state index is 12.5. The van der Waals surface area contributed by atoms with E-state index in [9.17, 15) is 9.59 Å². The van der Waals surface area contributed by atoms with Gasteiger partial charge in [-0.1, -0.05) is 13.8 Å². The van der Waals surface area contributed by atoms with Crippen molar-refractivity contribution in [3.8, 4) is 0 Å². The van der Waals surface area contributed by atoms with Gasteiger partial charge in [0.1, 0.15) is 6.54 Å². The van der Waals surface area contributed by atoms with E-state index in [1.54, 1.807) is 4.90 Å². The molecule has 118 valence electrons. The zero-order valence-corrected chi connectivity index (χ0v) is 13.6. The molecule has 0 radical (unpaired) electrons. The standard InChI is InChI=1S/C14H29N3O3/c1-7-17(12(4)9-15(5)6)14(20)16(8-11(2)3)10-13(18)19/h11-12H,7-10H2,1-6H3,(H,18,19). The van der Waals surface area contributed by atoms with Crippen LogP contribution in [0.1, 0.15) is 27.7 Å². The first-order valence-electron chi connectivity index (χ1n) is 7.11. The predicted molar refractivity (Wildman–Crippen MR) is 79.8 cm³/mol. The van der Waals surface area contributed by atoms with Crippen LogP contribution in [0.3, 0.4) is 0 Å². The smallest absolute Gasteiger partial charge is 0.323 e. The van der Waals surface area contributed by atoms with Gasteiger partial charge in [0.15, 0.2) is 0 Å². The van der Waals surface area contributed by atoms with E-state index in [2.05, 4.69) is 0 Å². The van der Waals surface area contributed by atoms with Crippen molar-refractivity contribution in [3.63, 3.8) is 0 Å². The molecule has 0 bridgehead atoms. The summed E-state index contributed by atoms with van der Waals surface area (Å²) >= 11 is 0. The monoisotopic (exact) mass is 287 g/mol. The van der Waals surface area contributed by atoms with E-state index in [4.69, 9.17) is 5.11 Å². The molecule has 20 heavy (non-hydrogen) atoms. The molecule has 0 aromatic heterocycles. The summed E-state index contributed by atoms with van der Waals surface area (Å²) in [6, 6.07) is -0.149. The lowest BCUT2D eigenvalue weighted by molar-refractivity contribution is -0.137. The number of rotatable bonds is 8. The van der Waals surface area contributed by atoms with Crippen LogP contribution in [-0.2, 0) is 4.79 Å². The van der Waals surface area contributed by atoms with Gasteiger partial charge in [0.25, 0.3) is 0 Å². The molecule has 1 unspecified atom stereocenters. The number of nitrogens with zero attached hydrogens (tertiary/aromatic N) is 3. The van der Waals surface area contributed by atoms with Gasteiger partial charge in [-0.05, 0) is 33.9 Å². The van der Waals surface area contributed by atoms with Crippen LogP contribution in [0.2, 0.25) is 0 Å². The molecule has 1 N–H and O–H groups in total. The van der Waals surface area contributed by atoms with E-state index in [0.717, 1.165) is 6.54 Å². The Kier molecular flexibility index (Phi) is 8.22.